The van der Waals surface area contributed by atoms with Gasteiger partial charge in [0.05, 0.1) is 17.2 Å². The Bertz CT molecular complexity index is 738. The minimum absolute atomic E-state index is 0.263. The van der Waals surface area contributed by atoms with Crippen LogP contribution in [0.5, 0.6) is 0 Å². The van der Waals surface area contributed by atoms with Gasteiger partial charge >= 0.3 is 5.97 Å². The lowest BCUT2D eigenvalue weighted by Gasteiger charge is -2.13. The van der Waals surface area contributed by atoms with E-state index in [1.54, 1.807) is 31.2 Å². The van der Waals surface area contributed by atoms with Crippen LogP contribution in [0.4, 0.5) is 0 Å². The number of carboxylic acids is 1. The fourth-order valence-electron chi connectivity index (χ4n) is 1.95. The summed E-state index contributed by atoms with van der Waals surface area (Å²) in [6.45, 7) is 1.39. The summed E-state index contributed by atoms with van der Waals surface area (Å²) in [5.41, 5.74) is 0.218. The van der Waals surface area contributed by atoms with E-state index in [1.165, 1.54) is 6.33 Å². The molecule has 1 heterocycles. The molecule has 0 aliphatic heterocycles. The number of amides is 1. The zero-order chi connectivity index (χ0) is 15.4. The molecule has 0 bridgehead atoms. The number of nitrogens with one attached hydrogen (secondary N) is 1. The van der Waals surface area contributed by atoms with Gasteiger partial charge in [-0.3, -0.25) is 14.2 Å². The van der Waals surface area contributed by atoms with Crippen molar-refractivity contribution in [3.63, 3.8) is 0 Å². The van der Waals surface area contributed by atoms with Gasteiger partial charge in [-0.05, 0) is 18.6 Å². The molecule has 2 N–H and O–H groups in total. The summed E-state index contributed by atoms with van der Waals surface area (Å²) in [7, 11) is 0. The summed E-state index contributed by atoms with van der Waals surface area (Å²) in [4.78, 5) is 39.0. The Morgan fingerprint density at radius 1 is 1.38 bits per heavy atom. The van der Waals surface area contributed by atoms with E-state index in [1.807, 2.05) is 0 Å². The van der Waals surface area contributed by atoms with Crippen LogP contribution in [0, 0.1) is 0 Å². The van der Waals surface area contributed by atoms with Crippen molar-refractivity contribution in [2.45, 2.75) is 25.9 Å². The highest BCUT2D eigenvalue weighted by Crippen LogP contribution is 2.04. The van der Waals surface area contributed by atoms with Crippen molar-refractivity contribution >= 4 is 22.8 Å². The number of nitrogens with zero attached hydrogens (tertiary/aromatic N) is 2. The van der Waals surface area contributed by atoms with Crippen LogP contribution in [-0.2, 0) is 16.1 Å². The van der Waals surface area contributed by atoms with E-state index in [-0.39, 0.29) is 18.5 Å². The quantitative estimate of drug-likeness (QED) is 0.828. The van der Waals surface area contributed by atoms with Gasteiger partial charge < -0.3 is 10.4 Å². The third-order valence-electron chi connectivity index (χ3n) is 3.09. The molecule has 1 aromatic carbocycles. The molecule has 0 fully saturated rings. The first kappa shape index (κ1) is 14.7. The lowest BCUT2D eigenvalue weighted by Crippen LogP contribution is -2.42. The van der Waals surface area contributed by atoms with Gasteiger partial charge in [-0.1, -0.05) is 19.1 Å². The first-order valence-electron chi connectivity index (χ1n) is 6.49. The molecule has 1 amide bonds. The Morgan fingerprint density at radius 2 is 2.10 bits per heavy atom. The molecule has 0 spiro atoms. The van der Waals surface area contributed by atoms with Crippen LogP contribution in [-0.4, -0.2) is 32.6 Å². The molecule has 1 aromatic heterocycles. The molecule has 2 aromatic rings. The summed E-state index contributed by atoms with van der Waals surface area (Å²) in [6.07, 6.45) is 1.55. The van der Waals surface area contributed by atoms with Crippen LogP contribution in [0.15, 0.2) is 35.4 Å². The van der Waals surface area contributed by atoms with Gasteiger partial charge in [-0.25, -0.2) is 9.78 Å². The van der Waals surface area contributed by atoms with Crippen LogP contribution >= 0.6 is 0 Å². The van der Waals surface area contributed by atoms with E-state index in [9.17, 15) is 14.4 Å². The van der Waals surface area contributed by atoms with Crippen molar-refractivity contribution in [3.05, 3.63) is 40.9 Å². The molecule has 1 unspecified atom stereocenters. The Hall–Kier alpha value is -2.70. The number of benzene rings is 1. The molecule has 7 heteroatoms. The molecular formula is C14H15N3O4. The number of aromatic nitrogens is 2. The molecule has 7 nitrogen and oxygen atoms in total. The van der Waals surface area contributed by atoms with E-state index in [2.05, 4.69) is 10.3 Å². The van der Waals surface area contributed by atoms with Gasteiger partial charge in [0.25, 0.3) is 5.56 Å². The van der Waals surface area contributed by atoms with Crippen LogP contribution in [0.25, 0.3) is 10.9 Å². The number of hydrogen-bond acceptors (Lipinski definition) is 4. The summed E-state index contributed by atoms with van der Waals surface area (Å²) in [6, 6.07) is 5.86. The molecule has 0 aliphatic rings. The highest BCUT2D eigenvalue weighted by Gasteiger charge is 2.18. The lowest BCUT2D eigenvalue weighted by molar-refractivity contribution is -0.142. The topological polar surface area (TPSA) is 101 Å². The minimum Gasteiger partial charge on any atom is -0.480 e. The van der Waals surface area contributed by atoms with Crippen molar-refractivity contribution in [2.24, 2.45) is 0 Å². The number of carbonyl (C=O) groups is 2. The van der Waals surface area contributed by atoms with E-state index in [0.717, 1.165) is 4.57 Å². The molecular weight excluding hydrogens is 274 g/mol. The van der Waals surface area contributed by atoms with Crippen molar-refractivity contribution in [1.29, 1.82) is 0 Å². The van der Waals surface area contributed by atoms with Crippen molar-refractivity contribution in [3.8, 4) is 0 Å². The molecule has 0 radical (unpaired) electrons. The fraction of sp³-hybridized carbons (Fsp3) is 0.286. The number of para-hydroxylation sites is 1. The third kappa shape index (κ3) is 3.25. The smallest absolute Gasteiger partial charge is 0.326 e. The number of rotatable bonds is 5. The highest BCUT2D eigenvalue weighted by atomic mass is 16.4. The van der Waals surface area contributed by atoms with E-state index in [4.69, 9.17) is 5.11 Å². The normalized spacial score (nSPS) is 12.0. The number of aliphatic carboxylic acids is 1. The Labute approximate surface area is 120 Å². The second kappa shape index (κ2) is 6.17. The summed E-state index contributed by atoms with van der Waals surface area (Å²) >= 11 is 0. The maximum absolute atomic E-state index is 12.2. The second-order valence-electron chi connectivity index (χ2n) is 4.56. The largest absolute Gasteiger partial charge is 0.480 e. The van der Waals surface area contributed by atoms with Gasteiger partial charge in [0.2, 0.25) is 5.91 Å². The lowest BCUT2D eigenvalue weighted by atomic mass is 10.2. The minimum atomic E-state index is -1.10. The predicted molar refractivity (Wildman–Crippen MR) is 75.9 cm³/mol. The zero-order valence-corrected chi connectivity index (χ0v) is 11.4. The van der Waals surface area contributed by atoms with Gasteiger partial charge in [0.1, 0.15) is 12.6 Å². The first-order valence-corrected chi connectivity index (χ1v) is 6.49. The van der Waals surface area contributed by atoms with Crippen LogP contribution < -0.4 is 10.9 Å². The number of fused-ring (bicyclic) bond motifs is 1. The fourth-order valence-corrected chi connectivity index (χ4v) is 1.95. The van der Waals surface area contributed by atoms with Gasteiger partial charge in [-0.15, -0.1) is 0 Å². The monoisotopic (exact) mass is 289 g/mol. The summed E-state index contributed by atoms with van der Waals surface area (Å²) in [5, 5.41) is 11.7. The van der Waals surface area contributed by atoms with Crippen molar-refractivity contribution in [1.82, 2.24) is 14.9 Å². The average Bonchev–Trinajstić information content (AvgIpc) is 2.47. The Balaban J connectivity index is 2.20. The van der Waals surface area contributed by atoms with Crippen molar-refractivity contribution in [2.75, 3.05) is 0 Å². The van der Waals surface area contributed by atoms with Crippen LogP contribution in [0.1, 0.15) is 13.3 Å². The maximum atomic E-state index is 12.2. The molecule has 1 atom stereocenters. The average molecular weight is 289 g/mol. The number of hydrogen-bond donors (Lipinski definition) is 2. The van der Waals surface area contributed by atoms with Crippen LogP contribution in [0.2, 0.25) is 0 Å². The van der Waals surface area contributed by atoms with Crippen molar-refractivity contribution < 1.29 is 14.7 Å². The number of carboxylic acid groups (broad SMARTS) is 1. The molecule has 2 rings (SSSR count). The highest BCUT2D eigenvalue weighted by molar-refractivity contribution is 5.83. The maximum Gasteiger partial charge on any atom is 0.326 e. The van der Waals surface area contributed by atoms with Gasteiger partial charge in [-0.2, -0.15) is 0 Å². The predicted octanol–water partition coefficient (Wildman–Crippen LogP) is 0.376. The number of carbonyl (C=O) groups excluding carboxylic acids is 1. The Kier molecular flexibility index (Phi) is 4.32. The van der Waals surface area contributed by atoms with E-state index in [0.29, 0.717) is 10.9 Å². The molecule has 0 saturated heterocycles. The van der Waals surface area contributed by atoms with Crippen LogP contribution in [0.3, 0.4) is 0 Å². The SMILES string of the molecule is CCC(NC(=O)Cn1cnc2ccccc2c1=O)C(=O)O. The standard InChI is InChI=1S/C14H15N3O4/c1-2-10(14(20)21)16-12(18)7-17-8-15-11-6-4-3-5-9(11)13(17)19/h3-6,8,10H,2,7H2,1H3,(H,16,18)(H,20,21). The molecule has 0 aliphatic carbocycles. The summed E-state index contributed by atoms with van der Waals surface area (Å²) < 4.78 is 1.16. The Morgan fingerprint density at radius 3 is 2.76 bits per heavy atom. The van der Waals surface area contributed by atoms with E-state index < -0.39 is 17.9 Å². The third-order valence-corrected chi connectivity index (χ3v) is 3.09. The van der Waals surface area contributed by atoms with Gasteiger partial charge in [0, 0.05) is 0 Å². The van der Waals surface area contributed by atoms with Gasteiger partial charge in [0.15, 0.2) is 0 Å². The zero-order valence-electron chi connectivity index (χ0n) is 11.4. The summed E-state index contributed by atoms with van der Waals surface area (Å²) in [5.74, 6) is -1.64. The first-order chi connectivity index (χ1) is 10.0. The molecule has 21 heavy (non-hydrogen) atoms. The molecule has 0 saturated carbocycles. The molecule has 110 valence electrons. The van der Waals surface area contributed by atoms with E-state index >= 15 is 0 Å². The second-order valence-corrected chi connectivity index (χ2v) is 4.56.